The van der Waals surface area contributed by atoms with Crippen molar-refractivity contribution in [3.8, 4) is 5.75 Å². The van der Waals surface area contributed by atoms with E-state index in [-0.39, 0.29) is 33.1 Å². The standard InChI is InChI=1S/C27H26Cl2N4O6S/c28-24-11-8-21(16-25(24)29)33(40(36,37)23-4-2-1-3-5-23)18-26(34)31-30-17-20-6-9-22(10-7-20)39-19-27(35)32-12-14-38-15-13-32/h1-11,16-17H,12-15,18-19H2,(H,31,34)/b30-17-. The molecule has 0 unspecified atom stereocenters. The molecule has 1 fully saturated rings. The molecule has 3 aromatic rings. The van der Waals surface area contributed by atoms with E-state index in [0.717, 1.165) is 4.31 Å². The maximum atomic E-state index is 13.4. The first-order valence-electron chi connectivity index (χ1n) is 12.2. The first-order valence-corrected chi connectivity index (χ1v) is 14.4. The van der Waals surface area contributed by atoms with Crippen LogP contribution < -0.4 is 14.5 Å². The minimum Gasteiger partial charge on any atom is -0.484 e. The third-order valence-corrected chi connectivity index (χ3v) is 8.35. The van der Waals surface area contributed by atoms with Gasteiger partial charge in [-0.3, -0.25) is 13.9 Å². The summed E-state index contributed by atoms with van der Waals surface area (Å²) in [6, 6.07) is 18.8. The van der Waals surface area contributed by atoms with Gasteiger partial charge in [-0.15, -0.1) is 0 Å². The predicted octanol–water partition coefficient (Wildman–Crippen LogP) is 3.58. The summed E-state index contributed by atoms with van der Waals surface area (Å²) in [7, 11) is -4.11. The second-order valence-electron chi connectivity index (χ2n) is 8.57. The van der Waals surface area contributed by atoms with Crippen LogP contribution in [0.3, 0.4) is 0 Å². The van der Waals surface area contributed by atoms with Gasteiger partial charge in [-0.05, 0) is 60.2 Å². The van der Waals surface area contributed by atoms with Crippen molar-refractivity contribution < 1.29 is 27.5 Å². The first-order chi connectivity index (χ1) is 19.2. The zero-order valence-corrected chi connectivity index (χ0v) is 23.5. The number of hydrazone groups is 1. The second-order valence-corrected chi connectivity index (χ2v) is 11.2. The molecule has 0 atom stereocenters. The highest BCUT2D eigenvalue weighted by Gasteiger charge is 2.27. The zero-order valence-electron chi connectivity index (χ0n) is 21.2. The maximum absolute atomic E-state index is 13.4. The minimum absolute atomic E-state index is 0.00586. The van der Waals surface area contributed by atoms with E-state index in [4.69, 9.17) is 32.7 Å². The molecule has 0 aliphatic carbocycles. The Kier molecular flexibility index (Phi) is 9.99. The van der Waals surface area contributed by atoms with Gasteiger partial charge in [-0.2, -0.15) is 5.10 Å². The summed E-state index contributed by atoms with van der Waals surface area (Å²) >= 11 is 12.1. The van der Waals surface area contributed by atoms with Crippen LogP contribution in [0.2, 0.25) is 10.0 Å². The van der Waals surface area contributed by atoms with Gasteiger partial charge in [0, 0.05) is 13.1 Å². The smallest absolute Gasteiger partial charge is 0.264 e. The van der Waals surface area contributed by atoms with Crippen molar-refractivity contribution in [2.24, 2.45) is 5.10 Å². The Balaban J connectivity index is 1.37. The lowest BCUT2D eigenvalue weighted by molar-refractivity contribution is -0.137. The van der Waals surface area contributed by atoms with Crippen LogP contribution in [0.15, 0.2) is 82.8 Å². The molecule has 1 N–H and O–H groups in total. The molecule has 1 aliphatic heterocycles. The summed E-state index contributed by atoms with van der Waals surface area (Å²) in [5.74, 6) is -0.282. The highest BCUT2D eigenvalue weighted by molar-refractivity contribution is 7.92. The molecular weight excluding hydrogens is 579 g/mol. The number of ether oxygens (including phenoxy) is 2. The summed E-state index contributed by atoms with van der Waals surface area (Å²) in [5.41, 5.74) is 3.16. The fourth-order valence-corrected chi connectivity index (χ4v) is 5.44. The predicted molar refractivity (Wildman–Crippen MR) is 153 cm³/mol. The first kappa shape index (κ1) is 29.3. The highest BCUT2D eigenvalue weighted by atomic mass is 35.5. The molecule has 4 rings (SSSR count). The average Bonchev–Trinajstić information content (AvgIpc) is 2.97. The van der Waals surface area contributed by atoms with Crippen LogP contribution in [0.1, 0.15) is 5.56 Å². The van der Waals surface area contributed by atoms with Crippen LogP contribution in [-0.2, 0) is 24.3 Å². The van der Waals surface area contributed by atoms with Crippen molar-refractivity contribution >= 4 is 56.9 Å². The number of hydrogen-bond donors (Lipinski definition) is 1. The topological polar surface area (TPSA) is 118 Å². The zero-order chi connectivity index (χ0) is 28.5. The van der Waals surface area contributed by atoms with Gasteiger partial charge in [0.15, 0.2) is 6.61 Å². The Morgan fingerprint density at radius 3 is 2.38 bits per heavy atom. The molecule has 1 aliphatic rings. The summed E-state index contributed by atoms with van der Waals surface area (Å²) in [5, 5.41) is 4.32. The number of hydrogen-bond acceptors (Lipinski definition) is 7. The molecule has 10 nitrogen and oxygen atoms in total. The van der Waals surface area contributed by atoms with E-state index in [9.17, 15) is 18.0 Å². The van der Waals surface area contributed by atoms with Gasteiger partial charge in [0.05, 0.1) is 40.1 Å². The monoisotopic (exact) mass is 604 g/mol. The molecule has 3 aromatic carbocycles. The Morgan fingerprint density at radius 1 is 1.00 bits per heavy atom. The molecule has 2 amide bonds. The van der Waals surface area contributed by atoms with E-state index in [0.29, 0.717) is 37.6 Å². The van der Waals surface area contributed by atoms with Gasteiger partial charge in [-0.25, -0.2) is 13.8 Å². The number of rotatable bonds is 10. The van der Waals surface area contributed by atoms with Crippen molar-refractivity contribution in [1.29, 1.82) is 0 Å². The van der Waals surface area contributed by atoms with Crippen LogP contribution in [0.4, 0.5) is 5.69 Å². The normalized spacial score (nSPS) is 13.7. The Bertz CT molecular complexity index is 1460. The fraction of sp³-hybridized carbons (Fsp3) is 0.222. The number of nitrogens with one attached hydrogen (secondary N) is 1. The SMILES string of the molecule is O=C(CN(c1ccc(Cl)c(Cl)c1)S(=O)(=O)c1ccccc1)N/N=C\c1ccc(OCC(=O)N2CCOCC2)cc1. The largest absolute Gasteiger partial charge is 0.484 e. The molecule has 210 valence electrons. The Morgan fingerprint density at radius 2 is 1.70 bits per heavy atom. The van der Waals surface area contributed by atoms with Gasteiger partial charge in [0.25, 0.3) is 21.8 Å². The summed E-state index contributed by atoms with van der Waals surface area (Å²) in [6.07, 6.45) is 1.40. The lowest BCUT2D eigenvalue weighted by Gasteiger charge is -2.26. The number of amides is 2. The lowest BCUT2D eigenvalue weighted by Crippen LogP contribution is -2.42. The van der Waals surface area contributed by atoms with Crippen molar-refractivity contribution in [1.82, 2.24) is 10.3 Å². The van der Waals surface area contributed by atoms with Crippen LogP contribution in [0.25, 0.3) is 0 Å². The van der Waals surface area contributed by atoms with Crippen molar-refractivity contribution in [2.45, 2.75) is 4.90 Å². The summed E-state index contributed by atoms with van der Waals surface area (Å²) < 4.78 is 38.5. The van der Waals surface area contributed by atoms with Crippen molar-refractivity contribution in [3.63, 3.8) is 0 Å². The third-order valence-electron chi connectivity index (χ3n) is 5.82. The van der Waals surface area contributed by atoms with Gasteiger partial charge in [0.1, 0.15) is 12.3 Å². The van der Waals surface area contributed by atoms with Crippen LogP contribution in [0, 0.1) is 0 Å². The molecule has 40 heavy (non-hydrogen) atoms. The molecule has 1 heterocycles. The van der Waals surface area contributed by atoms with E-state index in [2.05, 4.69) is 10.5 Å². The van der Waals surface area contributed by atoms with E-state index < -0.39 is 22.5 Å². The second kappa shape index (κ2) is 13.6. The van der Waals surface area contributed by atoms with Gasteiger partial charge in [0.2, 0.25) is 0 Å². The molecule has 0 saturated carbocycles. The van der Waals surface area contributed by atoms with Crippen LogP contribution in [-0.4, -0.2) is 70.8 Å². The third kappa shape index (κ3) is 7.72. The number of morpholine rings is 1. The lowest BCUT2D eigenvalue weighted by atomic mass is 10.2. The number of anilines is 1. The molecule has 13 heteroatoms. The van der Waals surface area contributed by atoms with Gasteiger partial charge in [-0.1, -0.05) is 41.4 Å². The van der Waals surface area contributed by atoms with E-state index in [1.54, 1.807) is 47.4 Å². The number of benzene rings is 3. The molecule has 0 radical (unpaired) electrons. The van der Waals surface area contributed by atoms with E-state index in [1.165, 1.54) is 36.5 Å². The summed E-state index contributed by atoms with van der Waals surface area (Å²) in [6.45, 7) is 1.50. The van der Waals surface area contributed by atoms with Gasteiger partial charge >= 0.3 is 0 Å². The van der Waals surface area contributed by atoms with Crippen molar-refractivity contribution in [2.75, 3.05) is 43.8 Å². The highest BCUT2D eigenvalue weighted by Crippen LogP contribution is 2.30. The molecule has 1 saturated heterocycles. The number of carbonyl (C=O) groups excluding carboxylic acids is 2. The number of sulfonamides is 1. The molecule has 0 aromatic heterocycles. The van der Waals surface area contributed by atoms with Crippen LogP contribution >= 0.6 is 23.2 Å². The summed E-state index contributed by atoms with van der Waals surface area (Å²) in [4.78, 5) is 26.6. The number of halogens is 2. The number of carbonyl (C=O) groups is 2. The minimum atomic E-state index is -4.11. The Hall–Kier alpha value is -3.64. The van der Waals surface area contributed by atoms with Crippen LogP contribution in [0.5, 0.6) is 5.75 Å². The van der Waals surface area contributed by atoms with Gasteiger partial charge < -0.3 is 14.4 Å². The fourth-order valence-electron chi connectivity index (χ4n) is 3.72. The van der Waals surface area contributed by atoms with Crippen molar-refractivity contribution in [3.05, 3.63) is 88.4 Å². The Labute approximate surface area is 242 Å². The molecule has 0 spiro atoms. The molecule has 0 bridgehead atoms. The maximum Gasteiger partial charge on any atom is 0.264 e. The average molecular weight is 606 g/mol. The number of nitrogens with zero attached hydrogens (tertiary/aromatic N) is 3. The van der Waals surface area contributed by atoms with E-state index >= 15 is 0 Å². The molecular formula is C27H26Cl2N4O6S. The quantitative estimate of drug-likeness (QED) is 0.279. The van der Waals surface area contributed by atoms with E-state index in [1.807, 2.05) is 0 Å².